The molecule has 0 radical (unpaired) electrons. The third-order valence-corrected chi connectivity index (χ3v) is 6.98. The second-order valence-corrected chi connectivity index (χ2v) is 9.22. The molecule has 170 valence electrons. The fourth-order valence-corrected chi connectivity index (χ4v) is 5.23. The first-order valence-electron chi connectivity index (χ1n) is 11.6. The van der Waals surface area contributed by atoms with E-state index in [1.807, 2.05) is 6.07 Å². The van der Waals surface area contributed by atoms with Crippen LogP contribution >= 0.6 is 0 Å². The lowest BCUT2D eigenvalue weighted by atomic mass is 9.82. The third-order valence-electron chi connectivity index (χ3n) is 6.98. The molecule has 1 unspecified atom stereocenters. The van der Waals surface area contributed by atoms with Gasteiger partial charge in [-0.2, -0.15) is 0 Å². The van der Waals surface area contributed by atoms with Crippen molar-refractivity contribution in [1.29, 1.82) is 0 Å². The summed E-state index contributed by atoms with van der Waals surface area (Å²) in [6.45, 7) is 2.89. The number of piperidine rings is 1. The van der Waals surface area contributed by atoms with Crippen molar-refractivity contribution in [2.24, 2.45) is 0 Å². The second kappa shape index (κ2) is 10.0. The maximum Gasteiger partial charge on any atom is 0.311 e. The number of likely N-dealkylation sites (N-methyl/N-ethyl adjacent to an activating group) is 1. The lowest BCUT2D eigenvalue weighted by Crippen LogP contribution is -2.59. The van der Waals surface area contributed by atoms with E-state index in [0.29, 0.717) is 19.1 Å². The van der Waals surface area contributed by atoms with Crippen LogP contribution in [0.3, 0.4) is 0 Å². The minimum atomic E-state index is -0.537. The van der Waals surface area contributed by atoms with Crippen LogP contribution < -0.4 is 10.1 Å². The summed E-state index contributed by atoms with van der Waals surface area (Å²) in [6.07, 6.45) is 6.39. The lowest BCUT2D eigenvalue weighted by molar-refractivity contribution is -0.145. The van der Waals surface area contributed by atoms with Gasteiger partial charge in [0, 0.05) is 26.7 Å². The van der Waals surface area contributed by atoms with Crippen LogP contribution in [-0.4, -0.2) is 80.2 Å². The van der Waals surface area contributed by atoms with E-state index in [1.165, 1.54) is 10.5 Å². The van der Waals surface area contributed by atoms with Crippen LogP contribution in [0.4, 0.5) is 0 Å². The first kappa shape index (κ1) is 22.1. The van der Waals surface area contributed by atoms with Crippen molar-refractivity contribution in [3.63, 3.8) is 0 Å². The molecule has 1 N–H and O–H groups in total. The molecule has 2 atom stereocenters. The number of hydrogen-bond acceptors (Lipinski definition) is 5. The zero-order valence-corrected chi connectivity index (χ0v) is 18.7. The maximum absolute atomic E-state index is 12.4. The normalized spacial score (nSPS) is 29.2. The Morgan fingerprint density at radius 1 is 1.06 bits per heavy atom. The first-order chi connectivity index (χ1) is 15.0. The molecular formula is C24H35N3O4. The highest BCUT2D eigenvalue weighted by Crippen LogP contribution is 2.38. The molecule has 5 rings (SSSR count). The number of carbonyl (C=O) groups excluding carboxylic acids is 2. The van der Waals surface area contributed by atoms with E-state index in [1.54, 1.807) is 14.1 Å². The number of hydrogen-bond donors (Lipinski definition) is 1. The average Bonchev–Trinajstić information content (AvgIpc) is 2.80. The van der Waals surface area contributed by atoms with Gasteiger partial charge in [-0.15, -0.1) is 0 Å². The summed E-state index contributed by atoms with van der Waals surface area (Å²) < 4.78 is 12.6. The molecule has 1 aromatic carbocycles. The number of nitrogens with zero attached hydrogens (tertiary/aromatic N) is 2. The number of carbonyl (C=O) groups is 2. The standard InChI is InChI=1S/C24H35N3O4/c1-26(2)24(29)23(28)25-20-7-5-13-27-14-15-30-22-8-4-3-6-19(22)17-9-11-18(12-10-17)31-16-21(20)27/h3-4,6,8,17-18,20-21H,5,7,9-16H2,1-2H3,(H,25,28)/t17?,18?,20-,21?/m0/s1. The Morgan fingerprint density at radius 3 is 2.61 bits per heavy atom. The van der Waals surface area contributed by atoms with Gasteiger partial charge in [0.15, 0.2) is 0 Å². The summed E-state index contributed by atoms with van der Waals surface area (Å²) in [5.41, 5.74) is 1.32. The Morgan fingerprint density at radius 2 is 1.84 bits per heavy atom. The van der Waals surface area contributed by atoms with Gasteiger partial charge in [0.1, 0.15) is 12.4 Å². The predicted octanol–water partition coefficient (Wildman–Crippen LogP) is 2.16. The van der Waals surface area contributed by atoms with Gasteiger partial charge in [0.2, 0.25) is 0 Å². The van der Waals surface area contributed by atoms with E-state index in [0.717, 1.165) is 57.4 Å². The number of ether oxygens (including phenoxy) is 2. The molecule has 7 nitrogen and oxygen atoms in total. The van der Waals surface area contributed by atoms with Crippen molar-refractivity contribution >= 4 is 11.8 Å². The van der Waals surface area contributed by atoms with E-state index in [9.17, 15) is 9.59 Å². The van der Waals surface area contributed by atoms with E-state index in [2.05, 4.69) is 28.4 Å². The number of rotatable bonds is 1. The summed E-state index contributed by atoms with van der Waals surface area (Å²) in [5, 5.41) is 2.99. The Labute approximate surface area is 185 Å². The molecule has 2 fully saturated rings. The topological polar surface area (TPSA) is 71.1 Å². The first-order valence-corrected chi connectivity index (χ1v) is 11.6. The van der Waals surface area contributed by atoms with Crippen molar-refractivity contribution < 1.29 is 19.1 Å². The molecule has 0 spiro atoms. The van der Waals surface area contributed by atoms with Crippen LogP contribution in [0, 0.1) is 0 Å². The number of nitrogens with one attached hydrogen (secondary N) is 1. The van der Waals surface area contributed by atoms with Gasteiger partial charge >= 0.3 is 11.8 Å². The smallest absolute Gasteiger partial charge is 0.311 e. The highest BCUT2D eigenvalue weighted by molar-refractivity contribution is 6.34. The molecule has 3 aliphatic heterocycles. The largest absolute Gasteiger partial charge is 0.492 e. The third kappa shape index (κ3) is 5.21. The number of benzene rings is 1. The summed E-state index contributed by atoms with van der Waals surface area (Å²) in [6, 6.07) is 8.39. The lowest BCUT2D eigenvalue weighted by Gasteiger charge is -2.42. The van der Waals surface area contributed by atoms with Crippen LogP contribution in [0.1, 0.15) is 50.0 Å². The van der Waals surface area contributed by atoms with Gasteiger partial charge in [-0.05, 0) is 62.6 Å². The van der Waals surface area contributed by atoms with Gasteiger partial charge in [-0.1, -0.05) is 18.2 Å². The Bertz CT molecular complexity index is 776. The molecular weight excluding hydrogens is 394 g/mol. The monoisotopic (exact) mass is 429 g/mol. The number of para-hydroxylation sites is 1. The molecule has 2 bridgehead atoms. The fraction of sp³-hybridized carbons (Fsp3) is 0.667. The fourth-order valence-electron chi connectivity index (χ4n) is 5.23. The Hall–Kier alpha value is -2.12. The van der Waals surface area contributed by atoms with Gasteiger partial charge in [0.25, 0.3) is 0 Å². The zero-order chi connectivity index (χ0) is 21.8. The van der Waals surface area contributed by atoms with Crippen molar-refractivity contribution in [2.75, 3.05) is 40.4 Å². The molecule has 7 heteroatoms. The second-order valence-electron chi connectivity index (χ2n) is 9.22. The van der Waals surface area contributed by atoms with E-state index in [-0.39, 0.29) is 18.2 Å². The number of fused-ring (bicyclic) bond motifs is 5. The molecule has 0 aromatic heterocycles. The predicted molar refractivity (Wildman–Crippen MR) is 118 cm³/mol. The Balaban J connectivity index is 1.51. The molecule has 3 heterocycles. The highest BCUT2D eigenvalue weighted by Gasteiger charge is 2.35. The van der Waals surface area contributed by atoms with Gasteiger partial charge in [-0.3, -0.25) is 14.5 Å². The number of amides is 2. The van der Waals surface area contributed by atoms with Gasteiger partial charge < -0.3 is 19.7 Å². The van der Waals surface area contributed by atoms with Crippen molar-refractivity contribution in [2.45, 2.75) is 62.6 Å². The molecule has 1 aliphatic carbocycles. The van der Waals surface area contributed by atoms with Gasteiger partial charge in [-0.25, -0.2) is 0 Å². The van der Waals surface area contributed by atoms with Crippen molar-refractivity contribution in [1.82, 2.24) is 15.1 Å². The average molecular weight is 430 g/mol. The zero-order valence-electron chi connectivity index (χ0n) is 18.7. The molecule has 1 saturated heterocycles. The summed E-state index contributed by atoms with van der Waals surface area (Å²) in [7, 11) is 3.20. The van der Waals surface area contributed by atoms with Crippen LogP contribution in [0.15, 0.2) is 24.3 Å². The quantitative estimate of drug-likeness (QED) is 0.693. The van der Waals surface area contributed by atoms with Crippen LogP contribution in [0.5, 0.6) is 5.75 Å². The minimum absolute atomic E-state index is 0.0463. The SMILES string of the molecule is CN(C)C(=O)C(=O)N[C@H]1CCCN2CCOc3ccccc3C3CCC(CC3)OCC12. The summed E-state index contributed by atoms with van der Waals surface area (Å²) in [5.74, 6) is 0.482. The molecule has 1 saturated carbocycles. The maximum atomic E-state index is 12.4. The van der Waals surface area contributed by atoms with Crippen molar-refractivity contribution in [3.8, 4) is 5.75 Å². The molecule has 4 aliphatic rings. The van der Waals surface area contributed by atoms with E-state index >= 15 is 0 Å². The van der Waals surface area contributed by atoms with Gasteiger partial charge in [0.05, 0.1) is 18.8 Å². The Kier molecular flexibility index (Phi) is 7.13. The molecule has 31 heavy (non-hydrogen) atoms. The summed E-state index contributed by atoms with van der Waals surface area (Å²) >= 11 is 0. The molecule has 1 aromatic rings. The van der Waals surface area contributed by atoms with E-state index < -0.39 is 11.8 Å². The summed E-state index contributed by atoms with van der Waals surface area (Å²) in [4.78, 5) is 28.2. The highest BCUT2D eigenvalue weighted by atomic mass is 16.5. The van der Waals surface area contributed by atoms with Crippen LogP contribution in [0.2, 0.25) is 0 Å². The van der Waals surface area contributed by atoms with Crippen LogP contribution in [-0.2, 0) is 14.3 Å². The van der Waals surface area contributed by atoms with Crippen LogP contribution in [0.25, 0.3) is 0 Å². The molecule has 2 amide bonds. The minimum Gasteiger partial charge on any atom is -0.492 e. The van der Waals surface area contributed by atoms with Crippen molar-refractivity contribution in [3.05, 3.63) is 29.8 Å². The van der Waals surface area contributed by atoms with E-state index in [4.69, 9.17) is 9.47 Å².